The molecule has 1 saturated heterocycles. The summed E-state index contributed by atoms with van der Waals surface area (Å²) in [4.78, 5) is 3.94. The Morgan fingerprint density at radius 2 is 2.28 bits per heavy atom. The fraction of sp³-hybridized carbons (Fsp3) is 0.700. The van der Waals surface area contributed by atoms with E-state index in [0.717, 1.165) is 11.3 Å². The first-order valence-corrected chi connectivity index (χ1v) is 8.05. The lowest BCUT2D eigenvalue weighted by Crippen LogP contribution is -2.41. The molecular weight excluding hydrogens is 274 g/mol. The number of thiazole rings is 1. The zero-order valence-electron chi connectivity index (χ0n) is 10.3. The number of hydrogen-bond acceptors (Lipinski definition) is 6. The lowest BCUT2D eigenvalue weighted by Gasteiger charge is -2.27. The summed E-state index contributed by atoms with van der Waals surface area (Å²) in [5.41, 5.74) is 5.98. The number of ether oxygens (including phenoxy) is 1. The first kappa shape index (κ1) is 13.7. The van der Waals surface area contributed by atoms with Crippen molar-refractivity contribution >= 4 is 26.5 Å². The Labute approximate surface area is 111 Å². The van der Waals surface area contributed by atoms with Crippen molar-refractivity contribution in [3.05, 3.63) is 5.69 Å². The molecule has 1 aromatic rings. The van der Waals surface area contributed by atoms with Crippen LogP contribution >= 0.6 is 11.3 Å². The van der Waals surface area contributed by atoms with Crippen molar-refractivity contribution in [2.45, 2.75) is 43.0 Å². The molecule has 0 spiro atoms. The van der Waals surface area contributed by atoms with Crippen molar-refractivity contribution in [3.63, 3.8) is 0 Å². The number of sulfonamides is 1. The predicted octanol–water partition coefficient (Wildman–Crippen LogP) is 0.880. The van der Waals surface area contributed by atoms with Crippen LogP contribution in [0, 0.1) is 6.92 Å². The fourth-order valence-corrected chi connectivity index (χ4v) is 4.63. The molecular formula is C10H17N3O3S2. The Balaban J connectivity index is 2.14. The third-order valence-corrected chi connectivity index (χ3v) is 5.94. The minimum Gasteiger partial charge on any atom is -0.378 e. The van der Waals surface area contributed by atoms with E-state index in [1.54, 1.807) is 6.92 Å². The van der Waals surface area contributed by atoms with Crippen molar-refractivity contribution in [1.82, 2.24) is 9.71 Å². The van der Waals surface area contributed by atoms with E-state index in [0.29, 0.717) is 25.1 Å². The fourth-order valence-electron chi connectivity index (χ4n) is 2.03. The second-order valence-corrected chi connectivity index (χ2v) is 7.39. The van der Waals surface area contributed by atoms with Crippen molar-refractivity contribution in [2.75, 3.05) is 12.3 Å². The van der Waals surface area contributed by atoms with Gasteiger partial charge in [-0.25, -0.2) is 18.1 Å². The number of nitrogen functional groups attached to an aromatic ring is 1. The number of aromatic nitrogens is 1. The largest absolute Gasteiger partial charge is 0.378 e. The van der Waals surface area contributed by atoms with Crippen LogP contribution in [-0.2, 0) is 14.8 Å². The molecule has 0 saturated carbocycles. The van der Waals surface area contributed by atoms with Crippen LogP contribution in [-0.4, -0.2) is 32.2 Å². The maximum atomic E-state index is 12.2. The monoisotopic (exact) mass is 291 g/mol. The van der Waals surface area contributed by atoms with Gasteiger partial charge in [-0.1, -0.05) is 11.3 Å². The van der Waals surface area contributed by atoms with Crippen LogP contribution in [0.15, 0.2) is 4.21 Å². The molecule has 102 valence electrons. The number of nitrogens with one attached hydrogen (secondary N) is 1. The third kappa shape index (κ3) is 3.00. The zero-order chi connectivity index (χ0) is 13.3. The van der Waals surface area contributed by atoms with Gasteiger partial charge in [0.1, 0.15) is 0 Å². The molecule has 2 heterocycles. The van der Waals surface area contributed by atoms with Crippen LogP contribution in [0.2, 0.25) is 0 Å². The van der Waals surface area contributed by atoms with Crippen molar-refractivity contribution in [1.29, 1.82) is 0 Å². The first-order valence-electron chi connectivity index (χ1n) is 5.75. The molecule has 3 N–H and O–H groups in total. The molecule has 2 atom stereocenters. The Bertz CT molecular complexity index is 526. The minimum absolute atomic E-state index is 0.0820. The van der Waals surface area contributed by atoms with Crippen LogP contribution in [0.3, 0.4) is 0 Å². The number of nitrogens with two attached hydrogens (primary N) is 1. The Hall–Kier alpha value is -0.700. The van der Waals surface area contributed by atoms with Gasteiger partial charge in [0.2, 0.25) is 0 Å². The molecule has 1 aliphatic rings. The molecule has 0 aliphatic carbocycles. The number of rotatable bonds is 3. The van der Waals surface area contributed by atoms with Crippen LogP contribution in [0.1, 0.15) is 25.5 Å². The molecule has 1 fully saturated rings. The SMILES string of the molecule is Cc1nc(N)sc1S(=O)(=O)NC1CCOC(C)C1. The summed E-state index contributed by atoms with van der Waals surface area (Å²) in [7, 11) is -3.52. The van der Waals surface area contributed by atoms with Gasteiger partial charge >= 0.3 is 0 Å². The molecule has 0 radical (unpaired) electrons. The highest BCUT2D eigenvalue weighted by molar-refractivity contribution is 7.91. The van der Waals surface area contributed by atoms with Gasteiger partial charge in [0, 0.05) is 12.6 Å². The highest BCUT2D eigenvalue weighted by Crippen LogP contribution is 2.26. The lowest BCUT2D eigenvalue weighted by molar-refractivity contribution is 0.0173. The van der Waals surface area contributed by atoms with Crippen LogP contribution in [0.4, 0.5) is 5.13 Å². The van der Waals surface area contributed by atoms with E-state index in [4.69, 9.17) is 10.5 Å². The normalized spacial score (nSPS) is 25.2. The van der Waals surface area contributed by atoms with E-state index in [1.165, 1.54) is 0 Å². The van der Waals surface area contributed by atoms with Crippen molar-refractivity contribution in [3.8, 4) is 0 Å². The van der Waals surface area contributed by atoms with E-state index in [2.05, 4.69) is 9.71 Å². The van der Waals surface area contributed by atoms with E-state index in [1.807, 2.05) is 6.92 Å². The Kier molecular flexibility index (Phi) is 3.90. The summed E-state index contributed by atoms with van der Waals surface area (Å²) in [6.45, 7) is 4.17. The molecule has 0 amide bonds. The molecule has 0 aromatic carbocycles. The second-order valence-electron chi connectivity index (χ2n) is 4.45. The first-order chi connectivity index (χ1) is 8.38. The Morgan fingerprint density at radius 3 is 2.83 bits per heavy atom. The molecule has 6 nitrogen and oxygen atoms in total. The minimum atomic E-state index is -3.52. The molecule has 1 aromatic heterocycles. The van der Waals surface area contributed by atoms with Crippen molar-refractivity contribution < 1.29 is 13.2 Å². The average Bonchev–Trinajstić information content (AvgIpc) is 2.58. The van der Waals surface area contributed by atoms with E-state index in [-0.39, 0.29) is 21.5 Å². The molecule has 1 aliphatic heterocycles. The van der Waals surface area contributed by atoms with E-state index in [9.17, 15) is 8.42 Å². The number of aryl methyl sites for hydroxylation is 1. The van der Waals surface area contributed by atoms with Gasteiger partial charge in [-0.2, -0.15) is 0 Å². The summed E-state index contributed by atoms with van der Waals surface area (Å²) < 4.78 is 32.7. The number of nitrogens with zero attached hydrogens (tertiary/aromatic N) is 1. The quantitative estimate of drug-likeness (QED) is 0.862. The highest BCUT2D eigenvalue weighted by Gasteiger charge is 2.27. The van der Waals surface area contributed by atoms with Gasteiger partial charge in [0.15, 0.2) is 9.34 Å². The zero-order valence-corrected chi connectivity index (χ0v) is 12.0. The van der Waals surface area contributed by atoms with Gasteiger partial charge in [-0.15, -0.1) is 0 Å². The lowest BCUT2D eigenvalue weighted by atomic mass is 10.1. The summed E-state index contributed by atoms with van der Waals surface area (Å²) in [5.74, 6) is 0. The average molecular weight is 291 g/mol. The van der Waals surface area contributed by atoms with Gasteiger partial charge in [-0.3, -0.25) is 0 Å². The van der Waals surface area contributed by atoms with Crippen molar-refractivity contribution in [2.24, 2.45) is 0 Å². The van der Waals surface area contributed by atoms with Gasteiger partial charge in [0.05, 0.1) is 11.8 Å². The summed E-state index contributed by atoms with van der Waals surface area (Å²) in [5, 5.41) is 0.272. The summed E-state index contributed by atoms with van der Waals surface area (Å²) in [6.07, 6.45) is 1.46. The van der Waals surface area contributed by atoms with Gasteiger partial charge < -0.3 is 10.5 Å². The maximum Gasteiger partial charge on any atom is 0.252 e. The maximum absolute atomic E-state index is 12.2. The molecule has 2 rings (SSSR count). The molecule has 0 bridgehead atoms. The van der Waals surface area contributed by atoms with E-state index >= 15 is 0 Å². The molecule has 18 heavy (non-hydrogen) atoms. The summed E-state index contributed by atoms with van der Waals surface area (Å²) in [6, 6.07) is -0.0820. The smallest absolute Gasteiger partial charge is 0.252 e. The van der Waals surface area contributed by atoms with Crippen LogP contribution in [0.5, 0.6) is 0 Å². The standard InChI is InChI=1S/C10H17N3O3S2/c1-6-5-8(3-4-16-6)13-18(14,15)9-7(2)12-10(11)17-9/h6,8,13H,3-5H2,1-2H3,(H2,11,12). The molecule has 8 heteroatoms. The van der Waals surface area contributed by atoms with Gasteiger partial charge in [-0.05, 0) is 26.7 Å². The predicted molar refractivity (Wildman–Crippen MR) is 70.0 cm³/mol. The summed E-state index contributed by atoms with van der Waals surface area (Å²) >= 11 is 0.996. The Morgan fingerprint density at radius 1 is 1.56 bits per heavy atom. The van der Waals surface area contributed by atoms with Gasteiger partial charge in [0.25, 0.3) is 10.0 Å². The topological polar surface area (TPSA) is 94.3 Å². The van der Waals surface area contributed by atoms with Crippen LogP contribution < -0.4 is 10.5 Å². The second kappa shape index (κ2) is 5.12. The highest BCUT2D eigenvalue weighted by atomic mass is 32.2. The number of anilines is 1. The third-order valence-electron chi connectivity index (χ3n) is 2.82. The number of hydrogen-bond donors (Lipinski definition) is 2. The van der Waals surface area contributed by atoms with Crippen LogP contribution in [0.25, 0.3) is 0 Å². The molecule has 2 unspecified atom stereocenters. The van der Waals surface area contributed by atoms with E-state index < -0.39 is 10.0 Å².